The van der Waals surface area contributed by atoms with Gasteiger partial charge in [-0.05, 0) is 50.6 Å². The molecule has 0 unspecified atom stereocenters. The topological polar surface area (TPSA) is 44.4 Å². The maximum atomic E-state index is 12.1. The van der Waals surface area contributed by atoms with Crippen LogP contribution in [0.1, 0.15) is 17.5 Å². The Hall–Kier alpha value is -1.10. The monoisotopic (exact) mass is 297 g/mol. The molecule has 1 saturated heterocycles. The number of carbonyl (C=O) groups excluding carboxylic acids is 1. The lowest BCUT2D eigenvalue weighted by Crippen LogP contribution is -2.35. The number of nitrogens with one attached hydrogen (secondary N) is 2. The van der Waals surface area contributed by atoms with E-state index < -0.39 is 0 Å². The summed E-state index contributed by atoms with van der Waals surface area (Å²) in [6, 6.07) is 6.00. The SMILES string of the molecule is Cc1cccc(NC(=O)CN2CCCNCC2)c1C.Cl. The molecule has 1 aliphatic heterocycles. The van der Waals surface area contributed by atoms with Gasteiger partial charge in [-0.1, -0.05) is 12.1 Å². The Morgan fingerprint density at radius 1 is 1.30 bits per heavy atom. The van der Waals surface area contributed by atoms with E-state index in [9.17, 15) is 4.79 Å². The van der Waals surface area contributed by atoms with E-state index in [2.05, 4.69) is 28.5 Å². The van der Waals surface area contributed by atoms with Crippen LogP contribution in [0, 0.1) is 13.8 Å². The van der Waals surface area contributed by atoms with E-state index in [1.807, 2.05) is 19.1 Å². The molecule has 0 radical (unpaired) electrons. The van der Waals surface area contributed by atoms with Crippen molar-refractivity contribution in [2.45, 2.75) is 20.3 Å². The standard InChI is InChI=1S/C15H23N3O.ClH/c1-12-5-3-6-14(13(12)2)17-15(19)11-18-9-4-7-16-8-10-18;/h3,5-6,16H,4,7-11H2,1-2H3,(H,17,19);1H. The quantitative estimate of drug-likeness (QED) is 0.896. The van der Waals surface area contributed by atoms with Crippen LogP contribution in [0.5, 0.6) is 0 Å². The Labute approximate surface area is 127 Å². The van der Waals surface area contributed by atoms with Gasteiger partial charge in [-0.3, -0.25) is 9.69 Å². The normalized spacial score (nSPS) is 16.1. The smallest absolute Gasteiger partial charge is 0.238 e. The molecule has 1 amide bonds. The van der Waals surface area contributed by atoms with Crippen molar-refractivity contribution in [2.75, 3.05) is 38.0 Å². The number of amides is 1. The average Bonchev–Trinajstić information content (AvgIpc) is 2.63. The highest BCUT2D eigenvalue weighted by molar-refractivity contribution is 5.93. The van der Waals surface area contributed by atoms with Crippen LogP contribution < -0.4 is 10.6 Å². The lowest BCUT2D eigenvalue weighted by molar-refractivity contribution is -0.117. The molecule has 1 aromatic rings. The fraction of sp³-hybridized carbons (Fsp3) is 0.533. The first-order chi connectivity index (χ1) is 9.16. The molecule has 1 aromatic carbocycles. The lowest BCUT2D eigenvalue weighted by atomic mass is 10.1. The van der Waals surface area contributed by atoms with Gasteiger partial charge in [0.2, 0.25) is 5.91 Å². The predicted molar refractivity (Wildman–Crippen MR) is 85.7 cm³/mol. The summed E-state index contributed by atoms with van der Waals surface area (Å²) >= 11 is 0. The van der Waals surface area contributed by atoms with Gasteiger partial charge in [0.25, 0.3) is 0 Å². The van der Waals surface area contributed by atoms with Gasteiger partial charge >= 0.3 is 0 Å². The molecule has 0 saturated carbocycles. The third-order valence-corrected chi connectivity index (χ3v) is 3.68. The molecular weight excluding hydrogens is 274 g/mol. The molecule has 1 fully saturated rings. The van der Waals surface area contributed by atoms with Gasteiger partial charge in [0.05, 0.1) is 6.54 Å². The molecule has 112 valence electrons. The van der Waals surface area contributed by atoms with Crippen LogP contribution in [0.15, 0.2) is 18.2 Å². The van der Waals surface area contributed by atoms with Gasteiger partial charge in [0, 0.05) is 18.8 Å². The summed E-state index contributed by atoms with van der Waals surface area (Å²) in [5.74, 6) is 0.0793. The summed E-state index contributed by atoms with van der Waals surface area (Å²) in [5, 5.41) is 6.36. The second-order valence-electron chi connectivity index (χ2n) is 5.18. The summed E-state index contributed by atoms with van der Waals surface area (Å²) < 4.78 is 0. The van der Waals surface area contributed by atoms with Gasteiger partial charge in [0.1, 0.15) is 0 Å². The highest BCUT2D eigenvalue weighted by Gasteiger charge is 2.13. The van der Waals surface area contributed by atoms with Crippen molar-refractivity contribution in [1.82, 2.24) is 10.2 Å². The van der Waals surface area contributed by atoms with Crippen molar-refractivity contribution in [2.24, 2.45) is 0 Å². The number of halogens is 1. The largest absolute Gasteiger partial charge is 0.325 e. The van der Waals surface area contributed by atoms with Crippen LogP contribution in [-0.4, -0.2) is 43.5 Å². The Kier molecular flexibility index (Phi) is 6.99. The summed E-state index contributed by atoms with van der Waals surface area (Å²) in [6.45, 7) is 8.54. The Balaban J connectivity index is 0.00000200. The number of nitrogens with zero attached hydrogens (tertiary/aromatic N) is 1. The Morgan fingerprint density at radius 2 is 2.10 bits per heavy atom. The van der Waals surface area contributed by atoms with Crippen molar-refractivity contribution >= 4 is 24.0 Å². The van der Waals surface area contributed by atoms with Crippen molar-refractivity contribution in [3.63, 3.8) is 0 Å². The number of rotatable bonds is 3. The first kappa shape index (κ1) is 17.0. The first-order valence-corrected chi connectivity index (χ1v) is 6.96. The number of aryl methyl sites for hydroxylation is 1. The molecule has 0 atom stereocenters. The molecule has 0 bridgehead atoms. The van der Waals surface area contributed by atoms with E-state index in [-0.39, 0.29) is 18.3 Å². The average molecular weight is 298 g/mol. The van der Waals surface area contributed by atoms with Crippen LogP contribution in [0.3, 0.4) is 0 Å². The minimum absolute atomic E-state index is 0. The molecule has 1 heterocycles. The number of carbonyl (C=O) groups is 1. The van der Waals surface area contributed by atoms with Crippen molar-refractivity contribution in [1.29, 1.82) is 0 Å². The number of benzene rings is 1. The summed E-state index contributed by atoms with van der Waals surface area (Å²) in [4.78, 5) is 14.3. The van der Waals surface area contributed by atoms with Gasteiger partial charge in [-0.25, -0.2) is 0 Å². The molecule has 4 nitrogen and oxygen atoms in total. The number of hydrogen-bond acceptors (Lipinski definition) is 3. The molecule has 0 spiro atoms. The second kappa shape index (κ2) is 8.25. The lowest BCUT2D eigenvalue weighted by Gasteiger charge is -2.19. The molecule has 5 heteroatoms. The third kappa shape index (κ3) is 4.78. The zero-order valence-corrected chi connectivity index (χ0v) is 13.1. The zero-order chi connectivity index (χ0) is 13.7. The third-order valence-electron chi connectivity index (χ3n) is 3.68. The maximum absolute atomic E-state index is 12.1. The fourth-order valence-electron chi connectivity index (χ4n) is 2.34. The predicted octanol–water partition coefficient (Wildman–Crippen LogP) is 1.96. The molecule has 0 aliphatic carbocycles. The summed E-state index contributed by atoms with van der Waals surface area (Å²) in [7, 11) is 0. The number of hydrogen-bond donors (Lipinski definition) is 2. The summed E-state index contributed by atoms with van der Waals surface area (Å²) in [6.07, 6.45) is 1.11. The van der Waals surface area contributed by atoms with E-state index in [0.29, 0.717) is 6.54 Å². The fourth-order valence-corrected chi connectivity index (χ4v) is 2.34. The second-order valence-corrected chi connectivity index (χ2v) is 5.18. The number of anilines is 1. The highest BCUT2D eigenvalue weighted by atomic mass is 35.5. The molecule has 2 N–H and O–H groups in total. The van der Waals surface area contributed by atoms with Crippen LogP contribution in [0.2, 0.25) is 0 Å². The van der Waals surface area contributed by atoms with Gasteiger partial charge < -0.3 is 10.6 Å². The van der Waals surface area contributed by atoms with Gasteiger partial charge in [-0.15, -0.1) is 12.4 Å². The van der Waals surface area contributed by atoms with Gasteiger partial charge in [0.15, 0.2) is 0 Å². The van der Waals surface area contributed by atoms with E-state index >= 15 is 0 Å². The molecule has 0 aromatic heterocycles. The Morgan fingerprint density at radius 3 is 2.90 bits per heavy atom. The van der Waals surface area contributed by atoms with Gasteiger partial charge in [-0.2, -0.15) is 0 Å². The maximum Gasteiger partial charge on any atom is 0.238 e. The summed E-state index contributed by atoms with van der Waals surface area (Å²) in [5.41, 5.74) is 3.28. The van der Waals surface area contributed by atoms with Crippen LogP contribution >= 0.6 is 12.4 Å². The molecular formula is C15H24ClN3O. The minimum Gasteiger partial charge on any atom is -0.325 e. The van der Waals surface area contributed by atoms with Crippen molar-refractivity contribution in [3.8, 4) is 0 Å². The molecule has 1 aliphatic rings. The van der Waals surface area contributed by atoms with Crippen molar-refractivity contribution < 1.29 is 4.79 Å². The molecule has 20 heavy (non-hydrogen) atoms. The van der Waals surface area contributed by atoms with Crippen LogP contribution in [0.4, 0.5) is 5.69 Å². The van der Waals surface area contributed by atoms with E-state index in [1.54, 1.807) is 0 Å². The minimum atomic E-state index is 0. The van der Waals surface area contributed by atoms with E-state index in [1.165, 1.54) is 5.56 Å². The Bertz CT molecular complexity index is 443. The zero-order valence-electron chi connectivity index (χ0n) is 12.2. The van der Waals surface area contributed by atoms with E-state index in [0.717, 1.165) is 43.9 Å². The van der Waals surface area contributed by atoms with Crippen LogP contribution in [0.25, 0.3) is 0 Å². The van der Waals surface area contributed by atoms with Crippen LogP contribution in [-0.2, 0) is 4.79 Å². The van der Waals surface area contributed by atoms with Crippen molar-refractivity contribution in [3.05, 3.63) is 29.3 Å². The molecule has 2 rings (SSSR count). The first-order valence-electron chi connectivity index (χ1n) is 6.96. The highest BCUT2D eigenvalue weighted by Crippen LogP contribution is 2.17. The van der Waals surface area contributed by atoms with E-state index in [4.69, 9.17) is 0 Å².